The number of alkyl halides is 3. The summed E-state index contributed by atoms with van der Waals surface area (Å²) in [6, 6.07) is 2.00. The number of terminal acetylenes is 1. The number of Topliss-reactive ketones (excluding diaryl/α,β-unsaturated/α-hetero) is 1. The van der Waals surface area contributed by atoms with Gasteiger partial charge in [0.1, 0.15) is 5.56 Å². The zero-order chi connectivity index (χ0) is 18.4. The van der Waals surface area contributed by atoms with Gasteiger partial charge in [-0.05, 0) is 25.0 Å². The third-order valence-corrected chi connectivity index (χ3v) is 4.17. The number of nitrogens with one attached hydrogen (secondary N) is 2. The third-order valence-electron chi connectivity index (χ3n) is 3.96. The molecule has 0 aliphatic heterocycles. The van der Waals surface area contributed by atoms with Crippen molar-refractivity contribution in [2.24, 2.45) is 5.92 Å². The molecule has 1 aliphatic carbocycles. The molecule has 25 heavy (non-hydrogen) atoms. The molecule has 1 aliphatic rings. The number of halogens is 4. The fourth-order valence-corrected chi connectivity index (χ4v) is 2.91. The molecule has 0 radical (unpaired) electrons. The molecule has 1 saturated carbocycles. The number of aromatic nitrogens is 1. The summed E-state index contributed by atoms with van der Waals surface area (Å²) in [5.41, 5.74) is -2.62. The Labute approximate surface area is 145 Å². The first-order valence-electron chi connectivity index (χ1n) is 7.42. The van der Waals surface area contributed by atoms with Crippen molar-refractivity contribution in [3.63, 3.8) is 0 Å². The maximum atomic E-state index is 13.3. The SMILES string of the molecule is C#CCNc1c(C(=O)C2CC2)c(=O)[nH]c2c(C(F)(F)F)cc(Cl)cc12. The van der Waals surface area contributed by atoms with Crippen molar-refractivity contribution in [1.29, 1.82) is 0 Å². The molecule has 1 aromatic carbocycles. The van der Waals surface area contributed by atoms with E-state index in [-0.39, 0.29) is 34.1 Å². The van der Waals surface area contributed by atoms with Gasteiger partial charge in [-0.15, -0.1) is 6.42 Å². The highest BCUT2D eigenvalue weighted by Gasteiger charge is 2.37. The Kier molecular flexibility index (Phi) is 4.25. The van der Waals surface area contributed by atoms with Gasteiger partial charge < -0.3 is 10.3 Å². The monoisotopic (exact) mass is 368 g/mol. The minimum Gasteiger partial charge on any atom is -0.373 e. The second-order valence-corrected chi connectivity index (χ2v) is 6.21. The molecule has 0 amide bonds. The lowest BCUT2D eigenvalue weighted by Crippen LogP contribution is -2.23. The lowest BCUT2D eigenvalue weighted by molar-refractivity contribution is -0.136. The van der Waals surface area contributed by atoms with Crippen LogP contribution in [0.5, 0.6) is 0 Å². The Morgan fingerprint density at radius 1 is 1.40 bits per heavy atom. The molecule has 0 spiro atoms. The van der Waals surface area contributed by atoms with Crippen molar-refractivity contribution < 1.29 is 18.0 Å². The summed E-state index contributed by atoms with van der Waals surface area (Å²) in [7, 11) is 0. The molecule has 1 aromatic heterocycles. The average Bonchev–Trinajstić information content (AvgIpc) is 3.35. The molecule has 3 rings (SSSR count). The van der Waals surface area contributed by atoms with Crippen LogP contribution in [0, 0.1) is 18.3 Å². The Hall–Kier alpha value is -2.46. The Morgan fingerprint density at radius 3 is 2.64 bits per heavy atom. The van der Waals surface area contributed by atoms with E-state index in [0.717, 1.165) is 6.07 Å². The van der Waals surface area contributed by atoms with Gasteiger partial charge in [0.2, 0.25) is 0 Å². The molecule has 0 atom stereocenters. The molecule has 8 heteroatoms. The van der Waals surface area contributed by atoms with E-state index in [4.69, 9.17) is 18.0 Å². The summed E-state index contributed by atoms with van der Waals surface area (Å²) in [5.74, 6) is 1.59. The second kappa shape index (κ2) is 6.12. The quantitative estimate of drug-likeness (QED) is 0.636. The molecule has 1 heterocycles. The molecule has 4 nitrogen and oxygen atoms in total. The number of aromatic amines is 1. The van der Waals surface area contributed by atoms with Gasteiger partial charge in [0.05, 0.1) is 23.3 Å². The maximum absolute atomic E-state index is 13.3. The number of carbonyl (C=O) groups excluding carboxylic acids is 1. The number of H-pyrrole nitrogens is 1. The average molecular weight is 369 g/mol. The van der Waals surface area contributed by atoms with Gasteiger partial charge >= 0.3 is 6.18 Å². The zero-order valence-corrected chi connectivity index (χ0v) is 13.5. The van der Waals surface area contributed by atoms with Gasteiger partial charge in [-0.25, -0.2) is 0 Å². The molecular formula is C17H12ClF3N2O2. The molecule has 0 saturated heterocycles. The van der Waals surface area contributed by atoms with E-state index in [9.17, 15) is 22.8 Å². The predicted octanol–water partition coefficient (Wildman–Crippen LogP) is 3.84. The largest absolute Gasteiger partial charge is 0.418 e. The number of hydrogen-bond donors (Lipinski definition) is 2. The number of anilines is 1. The van der Waals surface area contributed by atoms with Crippen LogP contribution in [0.15, 0.2) is 16.9 Å². The number of rotatable bonds is 4. The van der Waals surface area contributed by atoms with Gasteiger partial charge in [0.25, 0.3) is 5.56 Å². The van der Waals surface area contributed by atoms with Crippen LogP contribution in [-0.2, 0) is 6.18 Å². The van der Waals surface area contributed by atoms with E-state index in [1.165, 1.54) is 6.07 Å². The Morgan fingerprint density at radius 2 is 2.08 bits per heavy atom. The highest BCUT2D eigenvalue weighted by Crippen LogP contribution is 2.40. The molecule has 2 N–H and O–H groups in total. The smallest absolute Gasteiger partial charge is 0.373 e. The molecular weight excluding hydrogens is 357 g/mol. The van der Waals surface area contributed by atoms with Crippen molar-refractivity contribution in [2.75, 3.05) is 11.9 Å². The number of ketones is 1. The van der Waals surface area contributed by atoms with Gasteiger partial charge in [0.15, 0.2) is 5.78 Å². The van der Waals surface area contributed by atoms with Crippen LogP contribution in [0.2, 0.25) is 5.02 Å². The number of benzene rings is 1. The topological polar surface area (TPSA) is 62.0 Å². The van der Waals surface area contributed by atoms with Crippen molar-refractivity contribution in [2.45, 2.75) is 19.0 Å². The first-order chi connectivity index (χ1) is 11.7. The van der Waals surface area contributed by atoms with Gasteiger partial charge in [0, 0.05) is 16.3 Å². The molecule has 1 fully saturated rings. The fraction of sp³-hybridized carbons (Fsp3) is 0.294. The number of carbonyl (C=O) groups is 1. The van der Waals surface area contributed by atoms with Crippen molar-refractivity contribution in [1.82, 2.24) is 4.98 Å². The van der Waals surface area contributed by atoms with Gasteiger partial charge in [-0.1, -0.05) is 17.5 Å². The second-order valence-electron chi connectivity index (χ2n) is 5.77. The predicted molar refractivity (Wildman–Crippen MR) is 89.0 cm³/mol. The van der Waals surface area contributed by atoms with E-state index < -0.39 is 28.6 Å². The normalized spacial score (nSPS) is 14.4. The van der Waals surface area contributed by atoms with E-state index in [1.54, 1.807) is 0 Å². The van der Waals surface area contributed by atoms with Crippen LogP contribution in [0.1, 0.15) is 28.8 Å². The number of fused-ring (bicyclic) bond motifs is 1. The molecule has 2 aromatic rings. The van der Waals surface area contributed by atoms with Crippen LogP contribution in [0.25, 0.3) is 10.9 Å². The van der Waals surface area contributed by atoms with Crippen molar-refractivity contribution in [3.8, 4) is 12.3 Å². The lowest BCUT2D eigenvalue weighted by atomic mass is 10.0. The molecule has 130 valence electrons. The van der Waals surface area contributed by atoms with E-state index >= 15 is 0 Å². The Bertz CT molecular complexity index is 969. The van der Waals surface area contributed by atoms with Crippen LogP contribution >= 0.6 is 11.6 Å². The maximum Gasteiger partial charge on any atom is 0.418 e. The van der Waals surface area contributed by atoms with E-state index in [2.05, 4.69) is 16.2 Å². The fourth-order valence-electron chi connectivity index (χ4n) is 2.69. The van der Waals surface area contributed by atoms with Crippen LogP contribution < -0.4 is 10.9 Å². The van der Waals surface area contributed by atoms with E-state index in [0.29, 0.717) is 12.8 Å². The van der Waals surface area contributed by atoms with Crippen LogP contribution in [-0.4, -0.2) is 17.3 Å². The summed E-state index contributed by atoms with van der Waals surface area (Å²) >= 11 is 5.84. The molecule has 0 bridgehead atoms. The lowest BCUT2D eigenvalue weighted by Gasteiger charge is -2.16. The van der Waals surface area contributed by atoms with Crippen molar-refractivity contribution >= 4 is 34.0 Å². The summed E-state index contributed by atoms with van der Waals surface area (Å²) in [6.45, 7) is -0.0582. The summed E-state index contributed by atoms with van der Waals surface area (Å²) in [6.07, 6.45) is 1.77. The zero-order valence-electron chi connectivity index (χ0n) is 12.8. The minimum absolute atomic E-state index is 0.00123. The third kappa shape index (κ3) is 3.22. The minimum atomic E-state index is -4.72. The number of pyridine rings is 1. The van der Waals surface area contributed by atoms with Crippen LogP contribution in [0.4, 0.5) is 18.9 Å². The molecule has 0 unspecified atom stereocenters. The standard InChI is InChI=1S/C17H12ClF3N2O2/c1-2-5-22-14-10-6-9(18)7-11(17(19,20)21)13(10)23-16(25)12(14)15(24)8-3-4-8/h1,6-8H,3-5H2,(H2,22,23,25). The van der Waals surface area contributed by atoms with Gasteiger partial charge in [-0.2, -0.15) is 13.2 Å². The number of hydrogen-bond acceptors (Lipinski definition) is 3. The first-order valence-corrected chi connectivity index (χ1v) is 7.80. The summed E-state index contributed by atoms with van der Waals surface area (Å²) < 4.78 is 39.9. The van der Waals surface area contributed by atoms with Gasteiger partial charge in [-0.3, -0.25) is 9.59 Å². The van der Waals surface area contributed by atoms with Crippen LogP contribution in [0.3, 0.4) is 0 Å². The summed E-state index contributed by atoms with van der Waals surface area (Å²) in [5, 5.41) is 2.55. The summed E-state index contributed by atoms with van der Waals surface area (Å²) in [4.78, 5) is 27.0. The van der Waals surface area contributed by atoms with E-state index in [1.807, 2.05) is 0 Å². The van der Waals surface area contributed by atoms with Crippen molar-refractivity contribution in [3.05, 3.63) is 38.6 Å². The highest BCUT2D eigenvalue weighted by atomic mass is 35.5. The Balaban J connectivity index is 2.38. The first kappa shape index (κ1) is 17.4. The highest BCUT2D eigenvalue weighted by molar-refractivity contribution is 6.31.